The van der Waals surface area contributed by atoms with Gasteiger partial charge in [-0.1, -0.05) is 23.7 Å². The first-order valence-corrected chi connectivity index (χ1v) is 5.66. The molecule has 1 N–H and O–H groups in total. The number of rotatable bonds is 2. The van der Waals surface area contributed by atoms with E-state index < -0.39 is 0 Å². The molecule has 0 amide bonds. The van der Waals surface area contributed by atoms with Crippen LogP contribution in [0.25, 0.3) is 0 Å². The zero-order valence-electron chi connectivity index (χ0n) is 8.87. The molecule has 0 spiro atoms. The Balaban J connectivity index is 2.06. The van der Waals surface area contributed by atoms with Gasteiger partial charge in [0.15, 0.2) is 0 Å². The van der Waals surface area contributed by atoms with Crippen molar-refractivity contribution in [2.75, 3.05) is 20.2 Å². The minimum absolute atomic E-state index is 0.333. The van der Waals surface area contributed by atoms with Crippen molar-refractivity contribution >= 4 is 11.6 Å². The third kappa shape index (κ3) is 2.71. The highest BCUT2D eigenvalue weighted by Crippen LogP contribution is 2.25. The topological polar surface area (TPSA) is 21.3 Å². The van der Waals surface area contributed by atoms with Crippen LogP contribution in [0.2, 0.25) is 5.02 Å². The quantitative estimate of drug-likeness (QED) is 0.835. The number of nitrogens with one attached hydrogen (secondary N) is 1. The summed E-state index contributed by atoms with van der Waals surface area (Å²) in [5, 5.41) is 4.19. The molecule has 1 aromatic rings. The van der Waals surface area contributed by atoms with Crippen molar-refractivity contribution in [2.24, 2.45) is 0 Å². The predicted octanol–water partition coefficient (Wildman–Crippen LogP) is 2.43. The molecule has 2 nitrogen and oxygen atoms in total. The summed E-state index contributed by atoms with van der Waals surface area (Å²) in [6, 6.07) is 8.11. The molecule has 2 rings (SSSR count). The summed E-state index contributed by atoms with van der Waals surface area (Å²) in [5.74, 6) is 0.543. The van der Waals surface area contributed by atoms with Crippen LogP contribution in [0.5, 0.6) is 0 Å². The normalized spacial score (nSPS) is 26.5. The zero-order valence-corrected chi connectivity index (χ0v) is 9.63. The number of benzene rings is 1. The fourth-order valence-corrected chi connectivity index (χ4v) is 2.20. The van der Waals surface area contributed by atoms with E-state index in [9.17, 15) is 0 Å². The van der Waals surface area contributed by atoms with Crippen LogP contribution in [0.1, 0.15) is 17.9 Å². The minimum atomic E-state index is 0.333. The molecule has 3 heteroatoms. The highest BCUT2D eigenvalue weighted by molar-refractivity contribution is 6.30. The van der Waals surface area contributed by atoms with Gasteiger partial charge in [-0.15, -0.1) is 0 Å². The predicted molar refractivity (Wildman–Crippen MR) is 62.5 cm³/mol. The molecular formula is C12H16ClNO. The Hall–Kier alpha value is -0.570. The summed E-state index contributed by atoms with van der Waals surface area (Å²) < 4.78 is 5.38. The van der Waals surface area contributed by atoms with Crippen molar-refractivity contribution < 1.29 is 4.74 Å². The lowest BCUT2D eigenvalue weighted by Crippen LogP contribution is -2.39. The molecule has 15 heavy (non-hydrogen) atoms. The van der Waals surface area contributed by atoms with E-state index >= 15 is 0 Å². The van der Waals surface area contributed by atoms with Gasteiger partial charge in [-0.05, 0) is 30.0 Å². The van der Waals surface area contributed by atoms with Gasteiger partial charge in [0.05, 0.1) is 6.10 Å². The van der Waals surface area contributed by atoms with E-state index in [0.29, 0.717) is 12.0 Å². The van der Waals surface area contributed by atoms with E-state index in [4.69, 9.17) is 16.3 Å². The molecule has 1 aromatic carbocycles. The maximum Gasteiger partial charge on any atom is 0.0702 e. The van der Waals surface area contributed by atoms with E-state index in [-0.39, 0.29) is 0 Å². The zero-order chi connectivity index (χ0) is 10.7. The van der Waals surface area contributed by atoms with Crippen LogP contribution >= 0.6 is 11.6 Å². The Labute approximate surface area is 95.6 Å². The second-order valence-corrected chi connectivity index (χ2v) is 4.44. The smallest absolute Gasteiger partial charge is 0.0702 e. The SMILES string of the molecule is COC1CNCC(c2ccc(Cl)cc2)C1. The van der Waals surface area contributed by atoms with Crippen LogP contribution in [0.4, 0.5) is 0 Å². The van der Waals surface area contributed by atoms with Crippen molar-refractivity contribution in [3.05, 3.63) is 34.9 Å². The Kier molecular flexibility index (Phi) is 3.62. The summed E-state index contributed by atoms with van der Waals surface area (Å²) in [5.41, 5.74) is 1.34. The van der Waals surface area contributed by atoms with E-state index in [0.717, 1.165) is 24.5 Å². The molecule has 0 aliphatic carbocycles. The van der Waals surface area contributed by atoms with Gasteiger partial charge in [0.1, 0.15) is 0 Å². The molecule has 1 aliphatic heterocycles. The number of methoxy groups -OCH3 is 1. The lowest BCUT2D eigenvalue weighted by Gasteiger charge is -2.29. The molecule has 0 aromatic heterocycles. The largest absolute Gasteiger partial charge is 0.380 e. The van der Waals surface area contributed by atoms with Gasteiger partial charge in [-0.2, -0.15) is 0 Å². The first-order valence-electron chi connectivity index (χ1n) is 5.28. The number of piperidine rings is 1. The summed E-state index contributed by atoms with van der Waals surface area (Å²) in [6.45, 7) is 1.99. The van der Waals surface area contributed by atoms with Crippen LogP contribution < -0.4 is 5.32 Å². The Bertz CT molecular complexity index is 312. The first kappa shape index (κ1) is 10.9. The molecule has 2 unspecified atom stereocenters. The number of ether oxygens (including phenoxy) is 1. The maximum absolute atomic E-state index is 5.87. The molecule has 0 saturated carbocycles. The van der Waals surface area contributed by atoms with Crippen LogP contribution in [0.15, 0.2) is 24.3 Å². The summed E-state index contributed by atoms with van der Waals surface area (Å²) in [6.07, 6.45) is 1.42. The standard InChI is InChI=1S/C12H16ClNO/c1-15-12-6-10(7-14-8-12)9-2-4-11(13)5-3-9/h2-5,10,12,14H,6-8H2,1H3. The number of hydrogen-bond acceptors (Lipinski definition) is 2. The molecule has 1 heterocycles. The van der Waals surface area contributed by atoms with Crippen LogP contribution in [0, 0.1) is 0 Å². The van der Waals surface area contributed by atoms with Crippen molar-refractivity contribution in [3.63, 3.8) is 0 Å². The van der Waals surface area contributed by atoms with Crippen molar-refractivity contribution in [3.8, 4) is 0 Å². The summed E-state index contributed by atoms with van der Waals surface area (Å²) in [4.78, 5) is 0. The molecule has 0 bridgehead atoms. The Morgan fingerprint density at radius 1 is 1.27 bits per heavy atom. The molecule has 1 saturated heterocycles. The maximum atomic E-state index is 5.87. The van der Waals surface area contributed by atoms with Gasteiger partial charge in [0, 0.05) is 25.2 Å². The third-order valence-corrected chi connectivity index (χ3v) is 3.24. The molecular weight excluding hydrogens is 210 g/mol. The highest BCUT2D eigenvalue weighted by atomic mass is 35.5. The second-order valence-electron chi connectivity index (χ2n) is 4.00. The lowest BCUT2D eigenvalue weighted by atomic mass is 9.90. The van der Waals surface area contributed by atoms with Crippen LogP contribution in [0.3, 0.4) is 0 Å². The fourth-order valence-electron chi connectivity index (χ4n) is 2.07. The highest BCUT2D eigenvalue weighted by Gasteiger charge is 2.22. The van der Waals surface area contributed by atoms with E-state index in [1.807, 2.05) is 12.1 Å². The molecule has 0 radical (unpaired) electrons. The van der Waals surface area contributed by atoms with Gasteiger partial charge in [0.25, 0.3) is 0 Å². The third-order valence-electron chi connectivity index (χ3n) is 2.98. The lowest BCUT2D eigenvalue weighted by molar-refractivity contribution is 0.0738. The average Bonchev–Trinajstić information content (AvgIpc) is 2.30. The van der Waals surface area contributed by atoms with Crippen LogP contribution in [-0.4, -0.2) is 26.3 Å². The fraction of sp³-hybridized carbons (Fsp3) is 0.500. The van der Waals surface area contributed by atoms with Gasteiger partial charge in [0.2, 0.25) is 0 Å². The molecule has 1 aliphatic rings. The van der Waals surface area contributed by atoms with Crippen molar-refractivity contribution in [1.82, 2.24) is 5.32 Å². The van der Waals surface area contributed by atoms with E-state index in [1.165, 1.54) is 5.56 Å². The van der Waals surface area contributed by atoms with Gasteiger partial charge in [-0.3, -0.25) is 0 Å². The number of hydrogen-bond donors (Lipinski definition) is 1. The average molecular weight is 226 g/mol. The minimum Gasteiger partial charge on any atom is -0.380 e. The molecule has 82 valence electrons. The van der Waals surface area contributed by atoms with E-state index in [2.05, 4.69) is 17.4 Å². The monoisotopic (exact) mass is 225 g/mol. The van der Waals surface area contributed by atoms with Gasteiger partial charge >= 0.3 is 0 Å². The van der Waals surface area contributed by atoms with E-state index in [1.54, 1.807) is 7.11 Å². The number of halogens is 1. The molecule has 1 fully saturated rings. The van der Waals surface area contributed by atoms with Gasteiger partial charge < -0.3 is 10.1 Å². The first-order chi connectivity index (χ1) is 7.29. The summed E-state index contributed by atoms with van der Waals surface area (Å²) >= 11 is 5.87. The Morgan fingerprint density at radius 3 is 2.67 bits per heavy atom. The van der Waals surface area contributed by atoms with Gasteiger partial charge in [-0.25, -0.2) is 0 Å². The Morgan fingerprint density at radius 2 is 2.00 bits per heavy atom. The second kappa shape index (κ2) is 4.97. The van der Waals surface area contributed by atoms with Crippen molar-refractivity contribution in [1.29, 1.82) is 0 Å². The molecule has 2 atom stereocenters. The van der Waals surface area contributed by atoms with Crippen LogP contribution in [-0.2, 0) is 4.74 Å². The van der Waals surface area contributed by atoms with Crippen molar-refractivity contribution in [2.45, 2.75) is 18.4 Å². The summed E-state index contributed by atoms with van der Waals surface area (Å²) in [7, 11) is 1.77.